The first-order valence-corrected chi connectivity index (χ1v) is 8.00. The van der Waals surface area contributed by atoms with Gasteiger partial charge in [0.15, 0.2) is 0 Å². The van der Waals surface area contributed by atoms with Crippen molar-refractivity contribution >= 4 is 31.8 Å². The van der Waals surface area contributed by atoms with Gasteiger partial charge in [-0.1, -0.05) is 52.3 Å². The van der Waals surface area contributed by atoms with Crippen molar-refractivity contribution in [3.8, 4) is 6.07 Å². The summed E-state index contributed by atoms with van der Waals surface area (Å²) in [5, 5.41) is 9.16. The first kappa shape index (κ1) is 14.5. The average Bonchev–Trinajstić information content (AvgIpc) is 2.47. The van der Waals surface area contributed by atoms with Crippen LogP contribution in [0.25, 0.3) is 6.08 Å². The lowest BCUT2D eigenvalue weighted by molar-refractivity contribution is 0.603. The molecule has 0 aliphatic rings. The van der Waals surface area contributed by atoms with Gasteiger partial charge < -0.3 is 0 Å². The molecular formula is C15H10BrNO2S. The molecule has 0 saturated carbocycles. The van der Waals surface area contributed by atoms with Gasteiger partial charge in [-0.25, -0.2) is 8.42 Å². The number of hydrogen-bond donors (Lipinski definition) is 0. The number of nitrogens with zero attached hydrogens (tertiary/aromatic N) is 1. The fourth-order valence-electron chi connectivity index (χ4n) is 1.63. The highest BCUT2D eigenvalue weighted by atomic mass is 79.9. The van der Waals surface area contributed by atoms with Crippen LogP contribution in [0.3, 0.4) is 0 Å². The minimum Gasteiger partial charge on any atom is -0.218 e. The Hall–Kier alpha value is -1.90. The SMILES string of the molecule is N#CC(=Cc1ccccc1Br)S(=O)(=O)c1ccccc1. The van der Waals surface area contributed by atoms with Crippen LogP contribution in [0.2, 0.25) is 0 Å². The number of nitriles is 1. The molecule has 0 N–H and O–H groups in total. The van der Waals surface area contributed by atoms with E-state index in [1.54, 1.807) is 42.5 Å². The fraction of sp³-hybridized carbons (Fsp3) is 0. The molecule has 2 rings (SSSR count). The smallest absolute Gasteiger partial charge is 0.216 e. The van der Waals surface area contributed by atoms with E-state index >= 15 is 0 Å². The van der Waals surface area contributed by atoms with E-state index in [-0.39, 0.29) is 9.80 Å². The zero-order valence-electron chi connectivity index (χ0n) is 10.3. The van der Waals surface area contributed by atoms with E-state index in [9.17, 15) is 8.42 Å². The van der Waals surface area contributed by atoms with E-state index < -0.39 is 9.84 Å². The standard InChI is InChI=1S/C15H10BrNO2S/c16-15-9-5-4-6-12(15)10-14(11-17)20(18,19)13-7-2-1-3-8-13/h1-10H. The third-order valence-corrected chi connectivity index (χ3v) is 5.05. The first-order chi connectivity index (χ1) is 9.55. The Kier molecular flexibility index (Phi) is 4.38. The molecule has 0 bridgehead atoms. The van der Waals surface area contributed by atoms with Gasteiger partial charge in [0.1, 0.15) is 11.0 Å². The summed E-state index contributed by atoms with van der Waals surface area (Å²) in [6.07, 6.45) is 1.37. The summed E-state index contributed by atoms with van der Waals surface area (Å²) < 4.78 is 25.5. The van der Waals surface area contributed by atoms with Crippen molar-refractivity contribution in [2.24, 2.45) is 0 Å². The zero-order valence-corrected chi connectivity index (χ0v) is 12.7. The molecule has 0 aromatic heterocycles. The van der Waals surface area contributed by atoms with Gasteiger partial charge in [0.25, 0.3) is 0 Å². The second-order valence-electron chi connectivity index (χ2n) is 3.96. The number of hydrogen-bond acceptors (Lipinski definition) is 3. The lowest BCUT2D eigenvalue weighted by atomic mass is 10.2. The van der Waals surface area contributed by atoms with Crippen LogP contribution < -0.4 is 0 Å². The van der Waals surface area contributed by atoms with E-state index in [0.717, 1.165) is 4.47 Å². The maximum absolute atomic E-state index is 12.4. The molecule has 0 spiro atoms. The molecule has 100 valence electrons. The number of sulfone groups is 1. The molecule has 0 heterocycles. The Morgan fingerprint density at radius 3 is 2.25 bits per heavy atom. The van der Waals surface area contributed by atoms with Gasteiger partial charge in [0.2, 0.25) is 9.84 Å². The number of allylic oxidation sites excluding steroid dienone is 1. The van der Waals surface area contributed by atoms with Crippen molar-refractivity contribution < 1.29 is 8.42 Å². The Labute approximate surface area is 126 Å². The molecule has 20 heavy (non-hydrogen) atoms. The highest BCUT2D eigenvalue weighted by Crippen LogP contribution is 2.24. The lowest BCUT2D eigenvalue weighted by Gasteiger charge is -2.03. The average molecular weight is 348 g/mol. The molecule has 0 aliphatic carbocycles. The van der Waals surface area contributed by atoms with Crippen LogP contribution in [-0.2, 0) is 9.84 Å². The van der Waals surface area contributed by atoms with Gasteiger partial charge in [0, 0.05) is 4.47 Å². The van der Waals surface area contributed by atoms with Crippen LogP contribution in [0.1, 0.15) is 5.56 Å². The molecular weight excluding hydrogens is 338 g/mol. The van der Waals surface area contributed by atoms with Crippen molar-refractivity contribution in [2.75, 3.05) is 0 Å². The van der Waals surface area contributed by atoms with E-state index in [1.165, 1.54) is 18.2 Å². The Morgan fingerprint density at radius 1 is 1.05 bits per heavy atom. The summed E-state index contributed by atoms with van der Waals surface area (Å²) in [7, 11) is -3.79. The van der Waals surface area contributed by atoms with E-state index in [2.05, 4.69) is 15.9 Å². The third kappa shape index (κ3) is 2.98. The molecule has 0 fully saturated rings. The quantitative estimate of drug-likeness (QED) is 0.793. The highest BCUT2D eigenvalue weighted by molar-refractivity contribution is 9.10. The molecule has 5 heteroatoms. The summed E-state index contributed by atoms with van der Waals surface area (Å²) in [5.74, 6) is 0. The van der Waals surface area contributed by atoms with Gasteiger partial charge in [-0.05, 0) is 29.8 Å². The molecule has 0 aliphatic heterocycles. The molecule has 2 aromatic carbocycles. The van der Waals surface area contributed by atoms with E-state index in [0.29, 0.717) is 5.56 Å². The molecule has 0 unspecified atom stereocenters. The maximum atomic E-state index is 12.4. The summed E-state index contributed by atoms with van der Waals surface area (Å²) in [6.45, 7) is 0. The Morgan fingerprint density at radius 2 is 1.65 bits per heavy atom. The minimum atomic E-state index is -3.79. The lowest BCUT2D eigenvalue weighted by Crippen LogP contribution is -2.03. The second-order valence-corrected chi connectivity index (χ2v) is 6.73. The van der Waals surface area contributed by atoms with Gasteiger partial charge >= 0.3 is 0 Å². The van der Waals surface area contributed by atoms with E-state index in [1.807, 2.05) is 6.07 Å². The molecule has 0 saturated heterocycles. The summed E-state index contributed by atoms with van der Waals surface area (Å²) in [6, 6.07) is 16.8. The van der Waals surface area contributed by atoms with Crippen LogP contribution in [0.5, 0.6) is 0 Å². The summed E-state index contributed by atoms with van der Waals surface area (Å²) in [5.41, 5.74) is 0.642. The van der Waals surface area contributed by atoms with Crippen LogP contribution in [-0.4, -0.2) is 8.42 Å². The van der Waals surface area contributed by atoms with Crippen molar-refractivity contribution in [3.63, 3.8) is 0 Å². The van der Waals surface area contributed by atoms with Gasteiger partial charge in [-0.3, -0.25) is 0 Å². The van der Waals surface area contributed by atoms with Crippen molar-refractivity contribution in [1.82, 2.24) is 0 Å². The van der Waals surface area contributed by atoms with Gasteiger partial charge in [-0.2, -0.15) is 5.26 Å². The zero-order chi connectivity index (χ0) is 14.6. The van der Waals surface area contributed by atoms with Crippen LogP contribution >= 0.6 is 15.9 Å². The molecule has 0 amide bonds. The fourth-order valence-corrected chi connectivity index (χ4v) is 3.20. The largest absolute Gasteiger partial charge is 0.218 e. The normalized spacial score (nSPS) is 11.9. The van der Waals surface area contributed by atoms with Gasteiger partial charge in [-0.15, -0.1) is 0 Å². The molecule has 0 atom stereocenters. The predicted octanol–water partition coefficient (Wildman–Crippen LogP) is 3.79. The summed E-state index contributed by atoms with van der Waals surface area (Å²) >= 11 is 3.33. The maximum Gasteiger partial charge on any atom is 0.216 e. The topological polar surface area (TPSA) is 57.9 Å². The third-order valence-electron chi connectivity index (χ3n) is 2.65. The monoisotopic (exact) mass is 347 g/mol. The minimum absolute atomic E-state index is 0.111. The van der Waals surface area contributed by atoms with Crippen molar-refractivity contribution in [1.29, 1.82) is 5.26 Å². The molecule has 2 aromatic rings. The Bertz CT molecular complexity index is 790. The first-order valence-electron chi connectivity index (χ1n) is 5.72. The number of rotatable bonds is 3. The molecule has 0 radical (unpaired) electrons. The van der Waals surface area contributed by atoms with Crippen molar-refractivity contribution in [3.05, 3.63) is 69.5 Å². The van der Waals surface area contributed by atoms with Crippen LogP contribution in [0.15, 0.2) is 68.9 Å². The predicted molar refractivity (Wildman–Crippen MR) is 81.4 cm³/mol. The van der Waals surface area contributed by atoms with Crippen LogP contribution in [0.4, 0.5) is 0 Å². The van der Waals surface area contributed by atoms with Crippen LogP contribution in [0, 0.1) is 11.3 Å². The molecule has 3 nitrogen and oxygen atoms in total. The van der Waals surface area contributed by atoms with E-state index in [4.69, 9.17) is 5.26 Å². The second kappa shape index (κ2) is 6.04. The highest BCUT2D eigenvalue weighted by Gasteiger charge is 2.20. The van der Waals surface area contributed by atoms with Crippen molar-refractivity contribution in [2.45, 2.75) is 4.90 Å². The number of halogens is 1. The Balaban J connectivity index is 2.55. The number of benzene rings is 2. The summed E-state index contributed by atoms with van der Waals surface area (Å²) in [4.78, 5) is -0.171. The van der Waals surface area contributed by atoms with Gasteiger partial charge in [0.05, 0.1) is 4.90 Å².